The normalized spacial score (nSPS) is 11.6. The lowest BCUT2D eigenvalue weighted by atomic mass is 9.98. The van der Waals surface area contributed by atoms with Gasteiger partial charge in [0.2, 0.25) is 0 Å². The Kier molecular flexibility index (Phi) is 7.64. The summed E-state index contributed by atoms with van der Waals surface area (Å²) in [5.74, 6) is 1.94. The first-order chi connectivity index (χ1) is 27.7. The van der Waals surface area contributed by atoms with Gasteiger partial charge in [-0.3, -0.25) is 0 Å². The third kappa shape index (κ3) is 5.56. The second kappa shape index (κ2) is 13.3. The predicted molar refractivity (Wildman–Crippen MR) is 233 cm³/mol. The highest BCUT2D eigenvalue weighted by atomic mass is 32.1. The average Bonchev–Trinajstić information content (AvgIpc) is 3.85. The largest absolute Gasteiger partial charge is 0.456 e. The lowest BCUT2D eigenvalue weighted by Crippen LogP contribution is -2.01. The second-order valence-electron chi connectivity index (χ2n) is 14.0. The highest BCUT2D eigenvalue weighted by Gasteiger charge is 2.18. The van der Waals surface area contributed by atoms with Crippen molar-refractivity contribution in [1.82, 2.24) is 15.0 Å². The molecule has 5 heteroatoms. The number of nitrogens with zero attached hydrogens (tertiary/aromatic N) is 3. The molecule has 3 heterocycles. The monoisotopic (exact) mass is 733 g/mol. The molecule has 0 aliphatic heterocycles. The molecule has 0 spiro atoms. The molecule has 0 N–H and O–H groups in total. The highest BCUT2D eigenvalue weighted by Crippen LogP contribution is 2.40. The Hall–Kier alpha value is -7.21. The minimum atomic E-state index is 0.634. The van der Waals surface area contributed by atoms with Gasteiger partial charge >= 0.3 is 0 Å². The highest BCUT2D eigenvalue weighted by molar-refractivity contribution is 7.26. The van der Waals surface area contributed by atoms with Crippen LogP contribution in [0.4, 0.5) is 0 Å². The zero-order valence-electron chi connectivity index (χ0n) is 30.1. The molecule has 0 amide bonds. The van der Waals surface area contributed by atoms with Crippen molar-refractivity contribution in [2.75, 3.05) is 0 Å². The summed E-state index contributed by atoms with van der Waals surface area (Å²) < 4.78 is 8.48. The van der Waals surface area contributed by atoms with Gasteiger partial charge in [0.05, 0.1) is 0 Å². The molecule has 56 heavy (non-hydrogen) atoms. The summed E-state index contributed by atoms with van der Waals surface area (Å²) >= 11 is 1.78. The van der Waals surface area contributed by atoms with Gasteiger partial charge in [0.1, 0.15) is 11.2 Å². The zero-order chi connectivity index (χ0) is 37.0. The maximum atomic E-state index is 6.06. The van der Waals surface area contributed by atoms with Crippen LogP contribution in [-0.4, -0.2) is 15.0 Å². The fourth-order valence-electron chi connectivity index (χ4n) is 7.79. The Morgan fingerprint density at radius 1 is 0.321 bits per heavy atom. The number of thiophene rings is 1. The Morgan fingerprint density at radius 3 is 1.64 bits per heavy atom. The molecule has 0 radical (unpaired) electrons. The van der Waals surface area contributed by atoms with E-state index in [0.29, 0.717) is 17.5 Å². The van der Waals surface area contributed by atoms with Crippen LogP contribution >= 0.6 is 11.3 Å². The number of aromatic nitrogens is 3. The van der Waals surface area contributed by atoms with E-state index >= 15 is 0 Å². The molecule has 4 nitrogen and oxygen atoms in total. The van der Waals surface area contributed by atoms with Crippen LogP contribution < -0.4 is 0 Å². The van der Waals surface area contributed by atoms with E-state index in [1.165, 1.54) is 20.2 Å². The van der Waals surface area contributed by atoms with Gasteiger partial charge in [-0.05, 0) is 63.7 Å². The number of hydrogen-bond donors (Lipinski definition) is 0. The van der Waals surface area contributed by atoms with Crippen LogP contribution in [0.25, 0.3) is 110 Å². The van der Waals surface area contributed by atoms with Gasteiger partial charge in [-0.25, -0.2) is 15.0 Å². The number of rotatable bonds is 6. The summed E-state index contributed by atoms with van der Waals surface area (Å²) in [5, 5.41) is 4.72. The van der Waals surface area contributed by atoms with Crippen LogP contribution in [-0.2, 0) is 0 Å². The fraction of sp³-hybridized carbons (Fsp3) is 0. The van der Waals surface area contributed by atoms with Gasteiger partial charge in [0.25, 0.3) is 0 Å². The second-order valence-corrected chi connectivity index (χ2v) is 15.0. The molecule has 3 aromatic heterocycles. The van der Waals surface area contributed by atoms with Gasteiger partial charge in [-0.15, -0.1) is 11.3 Å². The number of hydrogen-bond acceptors (Lipinski definition) is 5. The summed E-state index contributed by atoms with van der Waals surface area (Å²) in [5.41, 5.74) is 11.5. The zero-order valence-corrected chi connectivity index (χ0v) is 30.9. The van der Waals surface area contributed by atoms with Crippen LogP contribution in [0.3, 0.4) is 0 Å². The van der Waals surface area contributed by atoms with Crippen LogP contribution in [0.15, 0.2) is 192 Å². The van der Waals surface area contributed by atoms with Crippen molar-refractivity contribution in [3.05, 3.63) is 188 Å². The number of fused-ring (bicyclic) bond motifs is 6. The SMILES string of the molecule is c1ccc(-c2ccccc2-c2nc(-c3ccc(-c4ccc(-c5ccc6oc7ccccc7c6c5)cc4)cc3)nc(-c3cccc4c3sc3ccccc34)n2)cc1. The van der Waals surface area contributed by atoms with Gasteiger partial charge in [0, 0.05) is 47.6 Å². The Bertz CT molecular complexity index is 3240. The maximum Gasteiger partial charge on any atom is 0.165 e. The van der Waals surface area contributed by atoms with Crippen LogP contribution in [0.1, 0.15) is 0 Å². The van der Waals surface area contributed by atoms with Crippen LogP contribution in [0.5, 0.6) is 0 Å². The summed E-state index contributed by atoms with van der Waals surface area (Å²) in [6, 6.07) is 65.7. The van der Waals surface area contributed by atoms with E-state index in [9.17, 15) is 0 Å². The van der Waals surface area contributed by atoms with E-state index in [0.717, 1.165) is 72.0 Å². The minimum absolute atomic E-state index is 0.634. The van der Waals surface area contributed by atoms with Crippen molar-refractivity contribution < 1.29 is 4.42 Å². The number of para-hydroxylation sites is 1. The van der Waals surface area contributed by atoms with E-state index < -0.39 is 0 Å². The van der Waals surface area contributed by atoms with Crippen LogP contribution in [0, 0.1) is 0 Å². The molecule has 11 rings (SSSR count). The molecule has 0 bridgehead atoms. The summed E-state index contributed by atoms with van der Waals surface area (Å²) in [7, 11) is 0. The lowest BCUT2D eigenvalue weighted by molar-refractivity contribution is 0.669. The van der Waals surface area contributed by atoms with Gasteiger partial charge in [-0.2, -0.15) is 0 Å². The van der Waals surface area contributed by atoms with E-state index in [1.54, 1.807) is 11.3 Å². The Morgan fingerprint density at radius 2 is 0.857 bits per heavy atom. The molecule has 0 unspecified atom stereocenters. The third-order valence-electron chi connectivity index (χ3n) is 10.6. The maximum absolute atomic E-state index is 6.06. The molecule has 0 aliphatic rings. The van der Waals surface area contributed by atoms with Crippen molar-refractivity contribution in [1.29, 1.82) is 0 Å². The summed E-state index contributed by atoms with van der Waals surface area (Å²) in [4.78, 5) is 15.6. The van der Waals surface area contributed by atoms with Gasteiger partial charge in [0.15, 0.2) is 17.5 Å². The average molecular weight is 734 g/mol. The van der Waals surface area contributed by atoms with E-state index in [-0.39, 0.29) is 0 Å². The molecule has 0 fully saturated rings. The topological polar surface area (TPSA) is 51.8 Å². The van der Waals surface area contributed by atoms with Crippen molar-refractivity contribution in [2.45, 2.75) is 0 Å². The molecule has 0 atom stereocenters. The molecular formula is C51H31N3OS. The van der Waals surface area contributed by atoms with Crippen LogP contribution in [0.2, 0.25) is 0 Å². The lowest BCUT2D eigenvalue weighted by Gasteiger charge is -2.12. The van der Waals surface area contributed by atoms with Crippen molar-refractivity contribution in [3.63, 3.8) is 0 Å². The first-order valence-electron chi connectivity index (χ1n) is 18.7. The predicted octanol–water partition coefficient (Wildman–Crippen LogP) is 14.1. The molecule has 0 saturated carbocycles. The molecular weight excluding hydrogens is 703 g/mol. The standard InChI is InChI=1S/C51H31N3OS/c1-2-11-35(12-3-1)38-13-4-5-16-42(38)50-52-49(53-51(54-50)43-18-10-17-41-40-15-7-9-20-47(40)56-48(41)43)36-27-25-33(26-28-36)32-21-23-34(24-22-32)37-29-30-46-44(31-37)39-14-6-8-19-45(39)55-46/h1-31H. The quantitative estimate of drug-likeness (QED) is 0.171. The van der Waals surface area contributed by atoms with Gasteiger partial charge < -0.3 is 4.42 Å². The molecule has 262 valence electrons. The van der Waals surface area contributed by atoms with Crippen molar-refractivity contribution in [3.8, 4) is 67.5 Å². The summed E-state index contributed by atoms with van der Waals surface area (Å²) in [6.07, 6.45) is 0. The smallest absolute Gasteiger partial charge is 0.165 e. The molecule has 0 saturated heterocycles. The summed E-state index contributed by atoms with van der Waals surface area (Å²) in [6.45, 7) is 0. The van der Waals surface area contributed by atoms with Crippen molar-refractivity contribution >= 4 is 53.4 Å². The van der Waals surface area contributed by atoms with Crippen molar-refractivity contribution in [2.24, 2.45) is 0 Å². The number of furan rings is 1. The van der Waals surface area contributed by atoms with E-state index in [2.05, 4.69) is 170 Å². The van der Waals surface area contributed by atoms with E-state index in [4.69, 9.17) is 19.4 Å². The molecule has 0 aliphatic carbocycles. The van der Waals surface area contributed by atoms with E-state index in [1.807, 2.05) is 18.2 Å². The van der Waals surface area contributed by atoms with Gasteiger partial charge in [-0.1, -0.05) is 158 Å². The third-order valence-corrected chi connectivity index (χ3v) is 11.8. The number of benzene rings is 8. The molecule has 8 aromatic carbocycles. The first kappa shape index (κ1) is 32.2. The fourth-order valence-corrected chi connectivity index (χ4v) is 9.00. The first-order valence-corrected chi connectivity index (χ1v) is 19.5. The molecule has 11 aromatic rings. The Balaban J connectivity index is 0.986. The minimum Gasteiger partial charge on any atom is -0.456 e. The Labute approximate surface area is 327 Å².